The number of nitrogens with two attached hydrogens (primary N) is 1. The lowest BCUT2D eigenvalue weighted by molar-refractivity contribution is -0.129. The number of benzene rings is 1. The molecule has 0 saturated carbocycles. The quantitative estimate of drug-likeness (QED) is 0.411. The minimum absolute atomic E-state index is 0.00846. The maximum atomic E-state index is 14.3. The Morgan fingerprint density at radius 1 is 1.23 bits per heavy atom. The Labute approximate surface area is 233 Å². The number of amides is 1. The molecule has 0 spiro atoms. The fraction of sp³-hybridized carbons (Fsp3) is 0.577. The van der Waals surface area contributed by atoms with E-state index in [4.69, 9.17) is 5.73 Å². The number of aromatic nitrogens is 1. The van der Waals surface area contributed by atoms with Crippen LogP contribution in [-0.2, 0) is 14.8 Å². The van der Waals surface area contributed by atoms with Crippen molar-refractivity contribution in [1.82, 2.24) is 19.1 Å². The largest absolute Gasteiger partial charge is 0.382 e. The monoisotopic (exact) mass is 580 g/mol. The molecule has 2 saturated heterocycles. The Bertz CT molecular complexity index is 1290. The van der Waals surface area contributed by atoms with Gasteiger partial charge in [-0.05, 0) is 50.8 Å². The van der Waals surface area contributed by atoms with Gasteiger partial charge in [0, 0.05) is 52.2 Å². The van der Waals surface area contributed by atoms with Gasteiger partial charge in [0.25, 0.3) is 0 Å². The summed E-state index contributed by atoms with van der Waals surface area (Å²) in [5.41, 5.74) is 6.52. The van der Waals surface area contributed by atoms with E-state index in [2.05, 4.69) is 15.2 Å². The summed E-state index contributed by atoms with van der Waals surface area (Å²) < 4.78 is 41.7. The number of likely N-dealkylation sites (N-methyl/N-ethyl adjacent to an activating group) is 1. The number of ketones is 1. The molecule has 3 N–H and O–H groups in total. The van der Waals surface area contributed by atoms with E-state index in [0.29, 0.717) is 49.6 Å². The Morgan fingerprint density at radius 2 is 1.95 bits per heavy atom. The number of nitrogens with one attached hydrogen (secondary N) is 1. The topological polar surface area (TPSA) is 129 Å². The van der Waals surface area contributed by atoms with Crippen LogP contribution in [0.1, 0.15) is 53.4 Å². The molecule has 39 heavy (non-hydrogen) atoms. The lowest BCUT2D eigenvalue weighted by Crippen LogP contribution is -2.43. The lowest BCUT2D eigenvalue weighted by atomic mass is 10.0. The average Bonchev–Trinajstić information content (AvgIpc) is 3.50. The highest BCUT2D eigenvalue weighted by molar-refractivity contribution is 7.89. The fourth-order valence-corrected chi connectivity index (χ4v) is 7.66. The first-order valence-corrected chi connectivity index (χ1v) is 15.6. The van der Waals surface area contributed by atoms with Crippen LogP contribution < -0.4 is 11.1 Å². The van der Waals surface area contributed by atoms with Crippen molar-refractivity contribution >= 4 is 44.0 Å². The normalized spacial score (nSPS) is 19.3. The summed E-state index contributed by atoms with van der Waals surface area (Å²) in [6.45, 7) is 6.37. The molecule has 13 heteroatoms. The zero-order chi connectivity index (χ0) is 28.3. The molecule has 2 fully saturated rings. The average molecular weight is 581 g/mol. The first-order chi connectivity index (χ1) is 18.5. The summed E-state index contributed by atoms with van der Waals surface area (Å²) in [5.74, 6) is -0.899. The standard InChI is InChI=1S/C26H37FN6O4S2/c1-17-6-4-7-21(27)22(17)23(35)24-25(28)30-26(38-24)29-19-8-13-33(14-9-19)39(36,37)15-5-11-32-12-10-20(16-32)31(3)18(2)34/h4,6-7,19-20H,5,8-16,28H2,1-3H3,(H,29,30). The van der Waals surface area contributed by atoms with Crippen LogP contribution in [-0.4, -0.2) is 96.8 Å². The third-order valence-corrected chi connectivity index (χ3v) is 10.6. The highest BCUT2D eigenvalue weighted by atomic mass is 32.2. The van der Waals surface area contributed by atoms with E-state index >= 15 is 0 Å². The third-order valence-electron chi connectivity index (χ3n) is 7.65. The van der Waals surface area contributed by atoms with Crippen LogP contribution in [0.3, 0.4) is 0 Å². The maximum absolute atomic E-state index is 14.3. The van der Waals surface area contributed by atoms with Crippen molar-refractivity contribution in [3.63, 3.8) is 0 Å². The molecule has 2 aliphatic heterocycles. The third kappa shape index (κ3) is 6.94. The number of rotatable bonds is 10. The van der Waals surface area contributed by atoms with Gasteiger partial charge in [0.15, 0.2) is 5.13 Å². The number of aryl methyl sites for hydroxylation is 1. The highest BCUT2D eigenvalue weighted by Gasteiger charge is 2.30. The summed E-state index contributed by atoms with van der Waals surface area (Å²) in [6.07, 6.45) is 2.65. The number of nitrogens with zero attached hydrogens (tertiary/aromatic N) is 4. The molecule has 1 aromatic heterocycles. The molecule has 214 valence electrons. The predicted molar refractivity (Wildman–Crippen MR) is 151 cm³/mol. The first kappa shape index (κ1) is 29.4. The summed E-state index contributed by atoms with van der Waals surface area (Å²) in [7, 11) is -1.55. The molecule has 0 radical (unpaired) electrons. The number of nitrogen functional groups attached to an aromatic ring is 1. The molecule has 1 unspecified atom stereocenters. The van der Waals surface area contributed by atoms with E-state index in [-0.39, 0.29) is 40.0 Å². The number of piperidine rings is 1. The Morgan fingerprint density at radius 3 is 2.62 bits per heavy atom. The molecule has 4 rings (SSSR count). The van der Waals surface area contributed by atoms with E-state index in [1.54, 1.807) is 35.2 Å². The molecule has 10 nitrogen and oxygen atoms in total. The lowest BCUT2D eigenvalue weighted by Gasteiger charge is -2.31. The van der Waals surface area contributed by atoms with Crippen LogP contribution in [0.5, 0.6) is 0 Å². The Hall–Kier alpha value is -2.61. The summed E-state index contributed by atoms with van der Waals surface area (Å²) in [6, 6.07) is 4.65. The van der Waals surface area contributed by atoms with Gasteiger partial charge in [-0.25, -0.2) is 22.1 Å². The van der Waals surface area contributed by atoms with Gasteiger partial charge in [0.1, 0.15) is 16.5 Å². The van der Waals surface area contributed by atoms with Gasteiger partial charge in [-0.15, -0.1) is 0 Å². The van der Waals surface area contributed by atoms with Crippen molar-refractivity contribution in [2.75, 3.05) is 56.6 Å². The Balaban J connectivity index is 1.25. The van der Waals surface area contributed by atoms with Crippen molar-refractivity contribution in [3.8, 4) is 0 Å². The zero-order valence-corrected chi connectivity index (χ0v) is 24.3. The number of sulfonamides is 1. The van der Waals surface area contributed by atoms with E-state index in [0.717, 1.165) is 30.8 Å². The smallest absolute Gasteiger partial charge is 0.219 e. The minimum Gasteiger partial charge on any atom is -0.382 e. The molecule has 2 aromatic rings. The molecular weight excluding hydrogens is 543 g/mol. The van der Waals surface area contributed by atoms with Crippen LogP contribution in [0.4, 0.5) is 15.3 Å². The zero-order valence-electron chi connectivity index (χ0n) is 22.7. The fourth-order valence-electron chi connectivity index (χ4n) is 5.23. The van der Waals surface area contributed by atoms with Gasteiger partial charge in [0.05, 0.1) is 11.3 Å². The van der Waals surface area contributed by atoms with E-state index in [1.807, 2.05) is 7.05 Å². The molecule has 2 aliphatic rings. The molecule has 1 aromatic carbocycles. The van der Waals surface area contributed by atoms with Gasteiger partial charge in [-0.1, -0.05) is 23.5 Å². The van der Waals surface area contributed by atoms with Crippen LogP contribution in [0.2, 0.25) is 0 Å². The van der Waals surface area contributed by atoms with Crippen molar-refractivity contribution < 1.29 is 22.4 Å². The second kappa shape index (κ2) is 12.3. The number of anilines is 2. The van der Waals surface area contributed by atoms with Gasteiger partial charge in [0.2, 0.25) is 21.7 Å². The second-order valence-electron chi connectivity index (χ2n) is 10.4. The van der Waals surface area contributed by atoms with Crippen LogP contribution >= 0.6 is 11.3 Å². The molecule has 0 aliphatic carbocycles. The molecule has 1 amide bonds. The number of hydrogen-bond donors (Lipinski definition) is 2. The van der Waals surface area contributed by atoms with Crippen LogP contribution in [0.25, 0.3) is 0 Å². The van der Waals surface area contributed by atoms with Gasteiger partial charge in [-0.2, -0.15) is 0 Å². The molecule has 3 heterocycles. The van der Waals surface area contributed by atoms with Gasteiger partial charge < -0.3 is 20.9 Å². The number of thiazole rings is 1. The molecule has 0 bridgehead atoms. The van der Waals surface area contributed by atoms with Crippen molar-refractivity contribution in [3.05, 3.63) is 40.0 Å². The summed E-state index contributed by atoms with van der Waals surface area (Å²) in [5, 5.41) is 3.74. The molecular formula is C26H37FN6O4S2. The van der Waals surface area contributed by atoms with E-state index < -0.39 is 21.6 Å². The predicted octanol–water partition coefficient (Wildman–Crippen LogP) is 2.55. The Kier molecular flexibility index (Phi) is 9.25. The summed E-state index contributed by atoms with van der Waals surface area (Å²) in [4.78, 5) is 33.0. The summed E-state index contributed by atoms with van der Waals surface area (Å²) >= 11 is 1.08. The van der Waals surface area contributed by atoms with Crippen LogP contribution in [0, 0.1) is 12.7 Å². The van der Waals surface area contributed by atoms with Crippen LogP contribution in [0.15, 0.2) is 18.2 Å². The number of likely N-dealkylation sites (tertiary alicyclic amines) is 1. The van der Waals surface area contributed by atoms with Crippen molar-refractivity contribution in [1.29, 1.82) is 0 Å². The van der Waals surface area contributed by atoms with Crippen molar-refractivity contribution in [2.45, 2.75) is 51.6 Å². The first-order valence-electron chi connectivity index (χ1n) is 13.2. The van der Waals surface area contributed by atoms with E-state index in [1.165, 1.54) is 6.07 Å². The number of halogens is 1. The highest BCUT2D eigenvalue weighted by Crippen LogP contribution is 2.31. The van der Waals surface area contributed by atoms with Gasteiger partial charge >= 0.3 is 0 Å². The maximum Gasteiger partial charge on any atom is 0.219 e. The minimum atomic E-state index is -3.37. The number of carbonyl (C=O) groups is 2. The van der Waals surface area contributed by atoms with Crippen molar-refractivity contribution in [2.24, 2.45) is 0 Å². The number of hydrogen-bond acceptors (Lipinski definition) is 9. The van der Waals surface area contributed by atoms with Gasteiger partial charge in [-0.3, -0.25) is 9.59 Å². The van der Waals surface area contributed by atoms with E-state index in [9.17, 15) is 22.4 Å². The molecule has 1 atom stereocenters. The SMILES string of the molecule is CC(=O)N(C)C1CCN(CCCS(=O)(=O)N2CCC(Nc3nc(N)c(C(=O)c4c(C)cccc4F)s3)CC2)C1. The second-order valence-corrected chi connectivity index (χ2v) is 13.4. The number of carbonyl (C=O) groups excluding carboxylic acids is 2.